The van der Waals surface area contributed by atoms with Crippen LogP contribution in [0.4, 0.5) is 19.3 Å². The molecule has 1 aliphatic rings. The number of aliphatic hydroxyl groups is 2. The Morgan fingerprint density at radius 2 is 1.93 bits per heavy atom. The molecule has 1 heterocycles. The smallest absolute Gasteiger partial charge is 0.319 e. The molecule has 0 radical (unpaired) electrons. The van der Waals surface area contributed by atoms with Gasteiger partial charge in [0.2, 0.25) is 0 Å². The van der Waals surface area contributed by atoms with Crippen molar-refractivity contribution in [3.63, 3.8) is 0 Å². The van der Waals surface area contributed by atoms with Gasteiger partial charge in [0.25, 0.3) is 0 Å². The molecular formula is C18H28F2N4O4. The fourth-order valence-corrected chi connectivity index (χ4v) is 3.15. The van der Waals surface area contributed by atoms with E-state index in [9.17, 15) is 23.8 Å². The van der Waals surface area contributed by atoms with Crippen LogP contribution in [0.15, 0.2) is 18.2 Å². The molecule has 4 atom stereocenters. The maximum absolute atomic E-state index is 13.6. The van der Waals surface area contributed by atoms with Gasteiger partial charge in [0, 0.05) is 25.7 Å². The zero-order chi connectivity index (χ0) is 20.8. The fraction of sp³-hybridized carbons (Fsp3) is 0.611. The largest absolute Gasteiger partial charge is 0.394 e. The highest BCUT2D eigenvalue weighted by molar-refractivity contribution is 5.89. The second-order valence-corrected chi connectivity index (χ2v) is 7.12. The highest BCUT2D eigenvalue weighted by Crippen LogP contribution is 2.25. The molecule has 1 aromatic rings. The number of ether oxygens (including phenoxy) is 1. The number of hydrogen-bond donors (Lipinski definition) is 4. The summed E-state index contributed by atoms with van der Waals surface area (Å²) in [6.07, 6.45) is -2.24. The molecule has 0 spiro atoms. The number of amides is 2. The summed E-state index contributed by atoms with van der Waals surface area (Å²) in [4.78, 5) is 16.0. The van der Waals surface area contributed by atoms with E-state index in [1.54, 1.807) is 0 Å². The number of carbonyl (C=O) groups is 1. The monoisotopic (exact) mass is 402 g/mol. The zero-order valence-corrected chi connectivity index (χ0v) is 16.2. The van der Waals surface area contributed by atoms with E-state index in [4.69, 9.17) is 4.74 Å². The predicted octanol–water partition coefficient (Wildman–Crippen LogP) is 0.0689. The molecule has 1 saturated heterocycles. The highest BCUT2D eigenvalue weighted by Gasteiger charge is 2.45. The van der Waals surface area contributed by atoms with Crippen LogP contribution in [0.2, 0.25) is 0 Å². The van der Waals surface area contributed by atoms with Gasteiger partial charge < -0.3 is 30.5 Å². The van der Waals surface area contributed by atoms with Gasteiger partial charge in [-0.3, -0.25) is 4.90 Å². The van der Waals surface area contributed by atoms with Crippen LogP contribution in [0.3, 0.4) is 0 Å². The van der Waals surface area contributed by atoms with E-state index in [0.29, 0.717) is 12.6 Å². The summed E-state index contributed by atoms with van der Waals surface area (Å²) < 4.78 is 32.3. The Kier molecular flexibility index (Phi) is 8.08. The Bertz CT molecular complexity index is 664. The summed E-state index contributed by atoms with van der Waals surface area (Å²) in [7, 11) is 5.70. The molecule has 28 heavy (non-hydrogen) atoms. The van der Waals surface area contributed by atoms with Crippen molar-refractivity contribution >= 4 is 11.7 Å². The lowest BCUT2D eigenvalue weighted by Gasteiger charge is -2.31. The average Bonchev–Trinajstić information content (AvgIpc) is 2.96. The Morgan fingerprint density at radius 1 is 1.21 bits per heavy atom. The van der Waals surface area contributed by atoms with Gasteiger partial charge in [-0.2, -0.15) is 0 Å². The van der Waals surface area contributed by atoms with Crippen LogP contribution in [0.25, 0.3) is 0 Å². The van der Waals surface area contributed by atoms with Crippen molar-refractivity contribution in [3.05, 3.63) is 29.8 Å². The first-order chi connectivity index (χ1) is 13.2. The first-order valence-electron chi connectivity index (χ1n) is 9.02. The van der Waals surface area contributed by atoms with Crippen LogP contribution >= 0.6 is 0 Å². The van der Waals surface area contributed by atoms with Gasteiger partial charge in [-0.15, -0.1) is 0 Å². The molecule has 2 amide bonds. The summed E-state index contributed by atoms with van der Waals surface area (Å²) in [6.45, 7) is 1.11. The predicted molar refractivity (Wildman–Crippen MR) is 100 cm³/mol. The maximum atomic E-state index is 13.6. The van der Waals surface area contributed by atoms with Gasteiger partial charge in [0.05, 0.1) is 24.4 Å². The number of nitrogens with zero attached hydrogens (tertiary/aromatic N) is 2. The van der Waals surface area contributed by atoms with Crippen LogP contribution in [0, 0.1) is 11.6 Å². The minimum atomic E-state index is -0.915. The Labute approximate surface area is 163 Å². The molecule has 4 N–H and O–H groups in total. The molecule has 1 aromatic carbocycles. The SMILES string of the molecule is CN(C)CCN(C)[C@H]1[C@H](O)[C@H](CO)O[C@@H]1CNC(=O)Nc1ccc(F)cc1F. The lowest BCUT2D eigenvalue weighted by Crippen LogP contribution is -2.51. The van der Waals surface area contributed by atoms with Crippen molar-refractivity contribution in [1.82, 2.24) is 15.1 Å². The van der Waals surface area contributed by atoms with Crippen LogP contribution in [0.1, 0.15) is 0 Å². The summed E-state index contributed by atoms with van der Waals surface area (Å²) in [6, 6.07) is 1.72. The van der Waals surface area contributed by atoms with Crippen LogP contribution in [-0.2, 0) is 4.74 Å². The lowest BCUT2D eigenvalue weighted by atomic mass is 10.0. The number of aliphatic hydroxyl groups excluding tert-OH is 2. The van der Waals surface area contributed by atoms with Crippen LogP contribution in [0.5, 0.6) is 0 Å². The Morgan fingerprint density at radius 3 is 2.54 bits per heavy atom. The van der Waals surface area contributed by atoms with Crippen molar-refractivity contribution in [2.24, 2.45) is 0 Å². The number of rotatable bonds is 8. The van der Waals surface area contributed by atoms with Crippen molar-refractivity contribution in [1.29, 1.82) is 0 Å². The van der Waals surface area contributed by atoms with Gasteiger partial charge in [0.1, 0.15) is 23.8 Å². The van der Waals surface area contributed by atoms with E-state index < -0.39 is 42.0 Å². The number of halogens is 2. The molecule has 8 nitrogen and oxygen atoms in total. The molecule has 1 fully saturated rings. The first-order valence-corrected chi connectivity index (χ1v) is 9.02. The molecule has 10 heteroatoms. The number of anilines is 1. The van der Waals surface area contributed by atoms with Gasteiger partial charge in [-0.05, 0) is 33.3 Å². The first kappa shape index (κ1) is 22.4. The van der Waals surface area contributed by atoms with Crippen molar-refractivity contribution < 1.29 is 28.5 Å². The second kappa shape index (κ2) is 10.1. The highest BCUT2D eigenvalue weighted by atomic mass is 19.1. The van der Waals surface area contributed by atoms with E-state index >= 15 is 0 Å². The number of nitrogens with one attached hydrogen (secondary N) is 2. The van der Waals surface area contributed by atoms with Crippen LogP contribution < -0.4 is 10.6 Å². The molecule has 0 saturated carbocycles. The summed E-state index contributed by atoms with van der Waals surface area (Å²) >= 11 is 0. The number of hydrogen-bond acceptors (Lipinski definition) is 6. The number of carbonyl (C=O) groups excluding carboxylic acids is 1. The average molecular weight is 402 g/mol. The number of likely N-dealkylation sites (N-methyl/N-ethyl adjacent to an activating group) is 2. The van der Waals surface area contributed by atoms with Crippen LogP contribution in [-0.4, -0.2) is 97.8 Å². The van der Waals surface area contributed by atoms with E-state index in [2.05, 4.69) is 10.6 Å². The third kappa shape index (κ3) is 5.82. The van der Waals surface area contributed by atoms with E-state index in [-0.39, 0.29) is 18.8 Å². The molecule has 158 valence electrons. The van der Waals surface area contributed by atoms with E-state index in [1.165, 1.54) is 0 Å². The molecule has 0 aromatic heterocycles. The van der Waals surface area contributed by atoms with Gasteiger partial charge in [-0.25, -0.2) is 13.6 Å². The summed E-state index contributed by atoms with van der Waals surface area (Å²) in [5.74, 6) is -1.63. The van der Waals surface area contributed by atoms with Crippen molar-refractivity contribution in [3.8, 4) is 0 Å². The van der Waals surface area contributed by atoms with Gasteiger partial charge in [-0.1, -0.05) is 0 Å². The van der Waals surface area contributed by atoms with Crippen molar-refractivity contribution in [2.75, 3.05) is 52.7 Å². The second-order valence-electron chi connectivity index (χ2n) is 7.12. The topological polar surface area (TPSA) is 97.3 Å². The Balaban J connectivity index is 1.96. The van der Waals surface area contributed by atoms with Gasteiger partial charge in [0.15, 0.2) is 0 Å². The molecule has 0 unspecified atom stereocenters. The molecule has 1 aliphatic heterocycles. The fourth-order valence-electron chi connectivity index (χ4n) is 3.15. The zero-order valence-electron chi connectivity index (χ0n) is 16.2. The Hall–Kier alpha value is -1.85. The minimum Gasteiger partial charge on any atom is -0.394 e. The number of urea groups is 1. The maximum Gasteiger partial charge on any atom is 0.319 e. The minimum absolute atomic E-state index is 0.0409. The quantitative estimate of drug-likeness (QED) is 0.491. The molecule has 0 bridgehead atoms. The standard InChI is InChI=1S/C18H28F2N4O4/c1-23(2)6-7-24(3)16-14(28-15(10-25)17(16)26)9-21-18(27)22-13-5-4-11(19)8-12(13)20/h4-5,8,14-17,25-26H,6-7,9-10H2,1-3H3,(H2,21,22,27)/t14-,15+,16-,17-/m1/s1. The third-order valence-electron chi connectivity index (χ3n) is 4.69. The summed E-state index contributed by atoms with van der Waals surface area (Å²) in [5, 5.41) is 24.7. The van der Waals surface area contributed by atoms with E-state index in [1.807, 2.05) is 30.9 Å². The van der Waals surface area contributed by atoms with Crippen molar-refractivity contribution in [2.45, 2.75) is 24.4 Å². The van der Waals surface area contributed by atoms with E-state index in [0.717, 1.165) is 18.7 Å². The molecular weight excluding hydrogens is 374 g/mol. The molecule has 0 aliphatic carbocycles. The molecule has 2 rings (SSSR count). The summed E-state index contributed by atoms with van der Waals surface area (Å²) in [5.41, 5.74) is -0.154. The lowest BCUT2D eigenvalue weighted by molar-refractivity contribution is -0.0205. The normalized spacial score (nSPS) is 24.8. The number of benzene rings is 1. The third-order valence-corrected chi connectivity index (χ3v) is 4.69. The van der Waals surface area contributed by atoms with Gasteiger partial charge >= 0.3 is 6.03 Å².